The van der Waals surface area contributed by atoms with E-state index in [0.29, 0.717) is 62.6 Å². The lowest BCUT2D eigenvalue weighted by molar-refractivity contribution is -0.120. The number of hydrogen-bond acceptors (Lipinski definition) is 11. The molecule has 0 atom stereocenters. The molecule has 4 heterocycles. The number of hydrogen-bond donors (Lipinski definition) is 2. The molecule has 1 fully saturated rings. The van der Waals surface area contributed by atoms with Gasteiger partial charge < -0.3 is 30.4 Å². The third kappa shape index (κ3) is 5.27. The number of fused-ring (bicyclic) bond motifs is 1. The molecule has 5 rings (SSSR count). The third-order valence-electron chi connectivity index (χ3n) is 6.14. The fourth-order valence-electron chi connectivity index (χ4n) is 4.10. The number of halogens is 2. The number of nitrogens with zero attached hydrogens (tertiary/aromatic N) is 8. The van der Waals surface area contributed by atoms with E-state index in [9.17, 15) is 13.6 Å². The van der Waals surface area contributed by atoms with Crippen molar-refractivity contribution >= 4 is 29.3 Å². The number of nitrogens with two attached hydrogens (primary N) is 2. The average molecular weight is 529 g/mol. The van der Waals surface area contributed by atoms with Crippen LogP contribution < -0.4 is 26.0 Å². The van der Waals surface area contributed by atoms with E-state index in [1.807, 2.05) is 16.8 Å². The Morgan fingerprint density at radius 2 is 1.95 bits per heavy atom. The fraction of sp³-hybridized carbons (Fsp3) is 0.348. The Morgan fingerprint density at radius 1 is 1.16 bits per heavy atom. The zero-order chi connectivity index (χ0) is 26.8. The molecular formula is C23H26F2N10O3. The standard InChI is InChI=1S/C23H26F2N10O3/c1-32(22-29-21(27)35-23(30-22)28-20(31-35)17-3-2-10-37-17)4-5-33-6-8-34(9-7-33)16-12-18(38-13-19(26)36)15(25)11-14(16)24/h2-3,10-12H,4-9,13H2,1H3,(H2,26,36)(H2,27,28,29,30,31). The van der Waals surface area contributed by atoms with Crippen LogP contribution in [0.5, 0.6) is 5.75 Å². The molecule has 0 radical (unpaired) electrons. The van der Waals surface area contributed by atoms with Gasteiger partial charge in [-0.25, -0.2) is 8.78 Å². The molecule has 0 saturated carbocycles. The van der Waals surface area contributed by atoms with Crippen LogP contribution in [0.15, 0.2) is 34.9 Å². The summed E-state index contributed by atoms with van der Waals surface area (Å²) in [5.41, 5.74) is 11.3. The van der Waals surface area contributed by atoms with Crippen molar-refractivity contribution in [3.8, 4) is 17.3 Å². The summed E-state index contributed by atoms with van der Waals surface area (Å²) in [6.07, 6.45) is 1.53. The predicted molar refractivity (Wildman–Crippen MR) is 134 cm³/mol. The van der Waals surface area contributed by atoms with Gasteiger partial charge in [-0.05, 0) is 12.1 Å². The van der Waals surface area contributed by atoms with E-state index in [4.69, 9.17) is 20.6 Å². The van der Waals surface area contributed by atoms with Gasteiger partial charge in [0, 0.05) is 58.4 Å². The summed E-state index contributed by atoms with van der Waals surface area (Å²) in [4.78, 5) is 30.0. The van der Waals surface area contributed by atoms with Crippen LogP contribution in [0.1, 0.15) is 0 Å². The number of benzene rings is 1. The third-order valence-corrected chi connectivity index (χ3v) is 6.14. The van der Waals surface area contributed by atoms with E-state index < -0.39 is 24.1 Å². The van der Waals surface area contributed by atoms with Crippen molar-refractivity contribution in [2.45, 2.75) is 0 Å². The van der Waals surface area contributed by atoms with E-state index >= 15 is 0 Å². The molecule has 4 N–H and O–H groups in total. The van der Waals surface area contributed by atoms with Gasteiger partial charge in [-0.1, -0.05) is 0 Å². The molecule has 1 aliphatic heterocycles. The highest BCUT2D eigenvalue weighted by atomic mass is 19.1. The van der Waals surface area contributed by atoms with E-state index in [-0.39, 0.29) is 17.4 Å². The van der Waals surface area contributed by atoms with Crippen molar-refractivity contribution in [1.29, 1.82) is 0 Å². The van der Waals surface area contributed by atoms with Crippen LogP contribution >= 0.6 is 0 Å². The SMILES string of the molecule is CN(CCN1CCN(c2cc(OCC(N)=O)c(F)cc2F)CC1)c1nc(N)n2nc(-c3ccco3)nc2n1. The summed E-state index contributed by atoms with van der Waals surface area (Å²) in [6, 6.07) is 5.50. The summed E-state index contributed by atoms with van der Waals surface area (Å²) in [5.74, 6) is -0.836. The smallest absolute Gasteiger partial charge is 0.259 e. The number of furan rings is 1. The van der Waals surface area contributed by atoms with E-state index in [1.54, 1.807) is 12.1 Å². The first-order valence-corrected chi connectivity index (χ1v) is 11.8. The molecule has 13 nitrogen and oxygen atoms in total. The molecule has 0 spiro atoms. The number of nitrogen functional groups attached to an aromatic ring is 1. The highest BCUT2D eigenvalue weighted by Crippen LogP contribution is 2.29. The van der Waals surface area contributed by atoms with Gasteiger partial charge in [-0.2, -0.15) is 19.5 Å². The number of primary amides is 1. The molecule has 1 aliphatic rings. The molecule has 0 bridgehead atoms. The summed E-state index contributed by atoms with van der Waals surface area (Å²) < 4.78 is 40.3. The first-order valence-electron chi connectivity index (χ1n) is 11.8. The van der Waals surface area contributed by atoms with Gasteiger partial charge in [0.05, 0.1) is 12.0 Å². The number of anilines is 3. The average Bonchev–Trinajstić information content (AvgIpc) is 3.57. The van der Waals surface area contributed by atoms with Crippen LogP contribution in [0.2, 0.25) is 0 Å². The molecule has 1 saturated heterocycles. The number of carbonyl (C=O) groups excluding carboxylic acids is 1. The Kier molecular flexibility index (Phi) is 6.91. The first kappa shape index (κ1) is 25.1. The summed E-state index contributed by atoms with van der Waals surface area (Å²) in [7, 11) is 1.85. The number of piperazine rings is 1. The maximum absolute atomic E-state index is 14.5. The Balaban J connectivity index is 1.18. The minimum Gasteiger partial charge on any atom is -0.481 e. The quantitative estimate of drug-likeness (QED) is 0.316. The van der Waals surface area contributed by atoms with Gasteiger partial charge in [-0.15, -0.1) is 5.10 Å². The van der Waals surface area contributed by atoms with Crippen LogP contribution in [-0.2, 0) is 4.79 Å². The lowest BCUT2D eigenvalue weighted by Gasteiger charge is -2.37. The second kappa shape index (κ2) is 10.5. The van der Waals surface area contributed by atoms with E-state index in [0.717, 1.165) is 6.07 Å². The number of rotatable bonds is 9. The summed E-state index contributed by atoms with van der Waals surface area (Å²) in [5, 5.41) is 4.30. The number of amides is 1. The van der Waals surface area contributed by atoms with Crippen molar-refractivity contribution < 1.29 is 22.7 Å². The topological polar surface area (TPSA) is 157 Å². The summed E-state index contributed by atoms with van der Waals surface area (Å²) in [6.45, 7) is 3.15. The second-order valence-corrected chi connectivity index (χ2v) is 8.75. The van der Waals surface area contributed by atoms with Crippen molar-refractivity contribution in [3.05, 3.63) is 42.2 Å². The molecular weight excluding hydrogens is 502 g/mol. The molecule has 0 unspecified atom stereocenters. The Bertz CT molecular complexity index is 1440. The molecule has 1 amide bonds. The predicted octanol–water partition coefficient (Wildman–Crippen LogP) is 0.762. The number of likely N-dealkylation sites (N-methyl/N-ethyl adjacent to an activating group) is 1. The molecule has 15 heteroatoms. The van der Waals surface area contributed by atoms with Crippen LogP contribution in [-0.4, -0.2) is 88.3 Å². The molecule has 4 aromatic rings. The lowest BCUT2D eigenvalue weighted by atomic mass is 10.2. The van der Waals surface area contributed by atoms with E-state index in [1.165, 1.54) is 16.8 Å². The maximum Gasteiger partial charge on any atom is 0.259 e. The highest BCUT2D eigenvalue weighted by Gasteiger charge is 2.23. The normalized spacial score (nSPS) is 14.2. The van der Waals surface area contributed by atoms with Crippen molar-refractivity contribution in [2.24, 2.45) is 5.73 Å². The van der Waals surface area contributed by atoms with Gasteiger partial charge in [0.2, 0.25) is 17.7 Å². The monoisotopic (exact) mass is 528 g/mol. The molecule has 1 aromatic carbocycles. The fourth-order valence-corrected chi connectivity index (χ4v) is 4.10. The number of aromatic nitrogens is 5. The van der Waals surface area contributed by atoms with Crippen LogP contribution in [0, 0.1) is 11.6 Å². The Morgan fingerprint density at radius 3 is 2.66 bits per heavy atom. The Hall–Kier alpha value is -4.53. The number of carbonyl (C=O) groups is 1. The van der Waals surface area contributed by atoms with Crippen molar-refractivity contribution in [3.63, 3.8) is 0 Å². The zero-order valence-electron chi connectivity index (χ0n) is 20.5. The van der Waals surface area contributed by atoms with Crippen LogP contribution in [0.3, 0.4) is 0 Å². The lowest BCUT2D eigenvalue weighted by Crippen LogP contribution is -2.48. The Labute approximate surface area is 215 Å². The van der Waals surface area contributed by atoms with Gasteiger partial charge in [0.15, 0.2) is 23.9 Å². The van der Waals surface area contributed by atoms with Gasteiger partial charge in [0.1, 0.15) is 5.82 Å². The molecule has 3 aromatic heterocycles. The van der Waals surface area contributed by atoms with Gasteiger partial charge >= 0.3 is 0 Å². The minimum absolute atomic E-state index is 0.149. The van der Waals surface area contributed by atoms with Crippen molar-refractivity contribution in [1.82, 2.24) is 29.5 Å². The first-order chi connectivity index (χ1) is 18.3. The van der Waals surface area contributed by atoms with Crippen LogP contribution in [0.4, 0.5) is 26.4 Å². The molecule has 200 valence electrons. The van der Waals surface area contributed by atoms with Crippen molar-refractivity contribution in [2.75, 3.05) is 68.5 Å². The maximum atomic E-state index is 14.5. The second-order valence-electron chi connectivity index (χ2n) is 8.75. The number of ether oxygens (including phenoxy) is 1. The van der Waals surface area contributed by atoms with E-state index in [2.05, 4.69) is 25.0 Å². The van der Waals surface area contributed by atoms with Gasteiger partial charge in [0.25, 0.3) is 11.7 Å². The molecule has 38 heavy (non-hydrogen) atoms. The zero-order valence-corrected chi connectivity index (χ0v) is 20.5. The highest BCUT2D eigenvalue weighted by molar-refractivity contribution is 5.75. The minimum atomic E-state index is -0.890. The largest absolute Gasteiger partial charge is 0.481 e. The summed E-state index contributed by atoms with van der Waals surface area (Å²) >= 11 is 0. The van der Waals surface area contributed by atoms with Crippen LogP contribution in [0.25, 0.3) is 17.4 Å². The van der Waals surface area contributed by atoms with Gasteiger partial charge in [-0.3, -0.25) is 9.69 Å². The molecule has 0 aliphatic carbocycles.